The summed E-state index contributed by atoms with van der Waals surface area (Å²) in [5, 5.41) is 13.4. The lowest BCUT2D eigenvalue weighted by Crippen LogP contribution is -2.27. The van der Waals surface area contributed by atoms with Gasteiger partial charge in [0.15, 0.2) is 0 Å². The summed E-state index contributed by atoms with van der Waals surface area (Å²) in [7, 11) is 0. The van der Waals surface area contributed by atoms with Crippen LogP contribution in [0.25, 0.3) is 6.08 Å². The number of benzene rings is 1. The standard InChI is InChI=1S/C26H38N4O3/c1-4-14-29(18-23-7-5-22(6-8-23)9-10-26(31)28-32)15-11-25-20(2)27-30(21(25)3)19-24-12-16-33-17-13-24/h5-10,24,32H,4,11-19H2,1-3H3,(H,28,31)/b10-9+. The Bertz CT molecular complexity index is 914. The van der Waals surface area contributed by atoms with Crippen molar-refractivity contribution < 1.29 is 14.7 Å². The third-order valence-electron chi connectivity index (χ3n) is 6.44. The minimum Gasteiger partial charge on any atom is -0.381 e. The van der Waals surface area contributed by atoms with Crippen molar-refractivity contribution >= 4 is 12.0 Å². The van der Waals surface area contributed by atoms with Crippen LogP contribution in [0.3, 0.4) is 0 Å². The van der Waals surface area contributed by atoms with E-state index in [1.165, 1.54) is 22.9 Å². The fourth-order valence-corrected chi connectivity index (χ4v) is 4.50. The predicted octanol–water partition coefficient (Wildman–Crippen LogP) is 3.90. The van der Waals surface area contributed by atoms with Crippen LogP contribution in [0.1, 0.15) is 54.3 Å². The average Bonchev–Trinajstić information content (AvgIpc) is 3.09. The van der Waals surface area contributed by atoms with Gasteiger partial charge in [0.2, 0.25) is 0 Å². The highest BCUT2D eigenvalue weighted by atomic mass is 16.5. The maximum atomic E-state index is 11.1. The molecule has 0 bridgehead atoms. The summed E-state index contributed by atoms with van der Waals surface area (Å²) in [5.41, 5.74) is 7.61. The summed E-state index contributed by atoms with van der Waals surface area (Å²) >= 11 is 0. The van der Waals surface area contributed by atoms with Crippen molar-refractivity contribution in [2.75, 3.05) is 26.3 Å². The average molecular weight is 455 g/mol. The second-order valence-corrected chi connectivity index (χ2v) is 8.96. The summed E-state index contributed by atoms with van der Waals surface area (Å²) in [6.07, 6.45) is 7.36. The van der Waals surface area contributed by atoms with Crippen LogP contribution in [0.4, 0.5) is 0 Å². The molecule has 0 spiro atoms. The Labute approximate surface area is 197 Å². The number of hydrogen-bond acceptors (Lipinski definition) is 5. The van der Waals surface area contributed by atoms with Gasteiger partial charge in [-0.2, -0.15) is 5.10 Å². The number of aryl methyl sites for hydroxylation is 1. The number of ether oxygens (including phenoxy) is 1. The minimum atomic E-state index is -0.533. The van der Waals surface area contributed by atoms with Crippen LogP contribution in [-0.4, -0.2) is 52.1 Å². The molecule has 7 nitrogen and oxygen atoms in total. The van der Waals surface area contributed by atoms with E-state index in [1.807, 2.05) is 12.1 Å². The molecule has 33 heavy (non-hydrogen) atoms. The molecule has 0 unspecified atom stereocenters. The molecular formula is C26H38N4O3. The molecule has 2 aromatic rings. The number of nitrogens with zero attached hydrogens (tertiary/aromatic N) is 3. The minimum absolute atomic E-state index is 0.533. The molecule has 1 aromatic carbocycles. The van der Waals surface area contributed by atoms with Crippen molar-refractivity contribution in [1.29, 1.82) is 0 Å². The maximum Gasteiger partial charge on any atom is 0.267 e. The van der Waals surface area contributed by atoms with Gasteiger partial charge < -0.3 is 4.74 Å². The first kappa shape index (κ1) is 25.1. The molecule has 3 rings (SSSR count). The molecule has 1 fully saturated rings. The molecule has 2 N–H and O–H groups in total. The number of aromatic nitrogens is 2. The van der Waals surface area contributed by atoms with E-state index in [1.54, 1.807) is 11.6 Å². The molecule has 0 saturated carbocycles. The molecule has 0 radical (unpaired) electrons. The van der Waals surface area contributed by atoms with Gasteiger partial charge in [-0.15, -0.1) is 0 Å². The van der Waals surface area contributed by atoms with E-state index < -0.39 is 5.91 Å². The van der Waals surface area contributed by atoms with Gasteiger partial charge in [-0.25, -0.2) is 5.48 Å². The van der Waals surface area contributed by atoms with Gasteiger partial charge in [0, 0.05) is 44.6 Å². The molecule has 2 heterocycles. The van der Waals surface area contributed by atoms with Gasteiger partial charge in [0.05, 0.1) is 5.69 Å². The van der Waals surface area contributed by atoms with E-state index >= 15 is 0 Å². The van der Waals surface area contributed by atoms with Crippen LogP contribution in [-0.2, 0) is 29.0 Å². The Balaban J connectivity index is 1.59. The van der Waals surface area contributed by atoms with E-state index in [0.717, 1.165) is 76.3 Å². The Kier molecular flexibility index (Phi) is 9.66. The number of amides is 1. The smallest absolute Gasteiger partial charge is 0.267 e. The van der Waals surface area contributed by atoms with Crippen LogP contribution in [0.15, 0.2) is 30.3 Å². The quantitative estimate of drug-likeness (QED) is 0.306. The molecule has 1 saturated heterocycles. The first-order chi connectivity index (χ1) is 16.0. The Morgan fingerprint density at radius 2 is 1.97 bits per heavy atom. The van der Waals surface area contributed by atoms with Gasteiger partial charge in [-0.05, 0) is 74.8 Å². The van der Waals surface area contributed by atoms with Gasteiger partial charge >= 0.3 is 0 Å². The second-order valence-electron chi connectivity index (χ2n) is 8.96. The van der Waals surface area contributed by atoms with Gasteiger partial charge in [-0.3, -0.25) is 19.6 Å². The summed E-state index contributed by atoms with van der Waals surface area (Å²) < 4.78 is 7.72. The molecule has 0 aliphatic carbocycles. The van der Waals surface area contributed by atoms with Crippen molar-refractivity contribution in [3.63, 3.8) is 0 Å². The lowest BCUT2D eigenvalue weighted by Gasteiger charge is -2.23. The zero-order chi connectivity index (χ0) is 23.6. The predicted molar refractivity (Wildman–Crippen MR) is 130 cm³/mol. The van der Waals surface area contributed by atoms with Crippen molar-refractivity contribution in [2.24, 2.45) is 5.92 Å². The summed E-state index contributed by atoms with van der Waals surface area (Å²) in [5.74, 6) is 0.131. The van der Waals surface area contributed by atoms with E-state index in [0.29, 0.717) is 5.92 Å². The third kappa shape index (κ3) is 7.52. The maximum absolute atomic E-state index is 11.1. The third-order valence-corrected chi connectivity index (χ3v) is 6.44. The van der Waals surface area contributed by atoms with E-state index in [-0.39, 0.29) is 0 Å². The summed E-state index contributed by atoms with van der Waals surface area (Å²) in [6, 6.07) is 8.19. The molecule has 1 aliphatic rings. The second kappa shape index (κ2) is 12.7. The van der Waals surface area contributed by atoms with Crippen LogP contribution in [0, 0.1) is 19.8 Å². The number of hydrogen-bond donors (Lipinski definition) is 2. The molecule has 7 heteroatoms. The monoisotopic (exact) mass is 454 g/mol. The van der Waals surface area contributed by atoms with Crippen LogP contribution < -0.4 is 5.48 Å². The number of nitrogens with one attached hydrogen (secondary N) is 1. The highest BCUT2D eigenvalue weighted by molar-refractivity contribution is 5.90. The van der Waals surface area contributed by atoms with Crippen molar-refractivity contribution in [2.45, 2.75) is 59.5 Å². The lowest BCUT2D eigenvalue weighted by atomic mass is 10.0. The van der Waals surface area contributed by atoms with E-state index in [9.17, 15) is 4.79 Å². The van der Waals surface area contributed by atoms with Crippen LogP contribution >= 0.6 is 0 Å². The summed E-state index contributed by atoms with van der Waals surface area (Å²) in [4.78, 5) is 13.6. The Morgan fingerprint density at radius 1 is 1.24 bits per heavy atom. The van der Waals surface area contributed by atoms with E-state index in [2.05, 4.69) is 42.5 Å². The van der Waals surface area contributed by atoms with Crippen molar-refractivity contribution in [3.8, 4) is 0 Å². The van der Waals surface area contributed by atoms with Gasteiger partial charge in [0.1, 0.15) is 0 Å². The topological polar surface area (TPSA) is 79.6 Å². The molecular weight excluding hydrogens is 416 g/mol. The van der Waals surface area contributed by atoms with Gasteiger partial charge in [-0.1, -0.05) is 31.2 Å². The largest absolute Gasteiger partial charge is 0.381 e. The fraction of sp³-hybridized carbons (Fsp3) is 0.538. The zero-order valence-electron chi connectivity index (χ0n) is 20.2. The van der Waals surface area contributed by atoms with Crippen LogP contribution in [0.2, 0.25) is 0 Å². The lowest BCUT2D eigenvalue weighted by molar-refractivity contribution is -0.124. The molecule has 1 amide bonds. The van der Waals surface area contributed by atoms with E-state index in [4.69, 9.17) is 15.0 Å². The normalized spacial score (nSPS) is 14.9. The highest BCUT2D eigenvalue weighted by Gasteiger charge is 2.19. The molecule has 1 aromatic heterocycles. The zero-order valence-corrected chi connectivity index (χ0v) is 20.2. The Hall–Kier alpha value is -2.48. The molecule has 180 valence electrons. The Morgan fingerprint density at radius 3 is 2.64 bits per heavy atom. The molecule has 0 atom stereocenters. The van der Waals surface area contributed by atoms with Gasteiger partial charge in [0.25, 0.3) is 5.91 Å². The number of carbonyl (C=O) groups is 1. The first-order valence-corrected chi connectivity index (χ1v) is 12.0. The summed E-state index contributed by atoms with van der Waals surface area (Å²) in [6.45, 7) is 12.2. The number of hydroxylamine groups is 1. The van der Waals surface area contributed by atoms with Crippen LogP contribution in [0.5, 0.6) is 0 Å². The number of rotatable bonds is 11. The highest BCUT2D eigenvalue weighted by Crippen LogP contribution is 2.21. The number of carbonyl (C=O) groups excluding carboxylic acids is 1. The van der Waals surface area contributed by atoms with Crippen molar-refractivity contribution in [3.05, 3.63) is 58.4 Å². The fourth-order valence-electron chi connectivity index (χ4n) is 4.50. The van der Waals surface area contributed by atoms with Crippen molar-refractivity contribution in [1.82, 2.24) is 20.2 Å². The first-order valence-electron chi connectivity index (χ1n) is 12.0. The SMILES string of the molecule is CCCN(CCc1c(C)nn(CC2CCOCC2)c1C)Cc1ccc(/C=C/C(=O)NO)cc1. The molecule has 1 aliphatic heterocycles.